The number of anilines is 1. The molecule has 2 aromatic rings. The Kier molecular flexibility index (Phi) is 4.50. The minimum Gasteiger partial charge on any atom is -0.409 e. The van der Waals surface area contributed by atoms with Gasteiger partial charge >= 0.3 is 0 Å². The molecule has 2 aromatic carbocycles. The summed E-state index contributed by atoms with van der Waals surface area (Å²) in [5, 5.41) is 14.3. The van der Waals surface area contributed by atoms with Crippen LogP contribution in [0.3, 0.4) is 0 Å². The Morgan fingerprint density at radius 2 is 1.90 bits per heavy atom. The summed E-state index contributed by atoms with van der Waals surface area (Å²) in [6.07, 6.45) is 0. The number of carbonyl (C=O) groups is 1. The zero-order valence-corrected chi connectivity index (χ0v) is 11.0. The van der Waals surface area contributed by atoms with Crippen LogP contribution in [-0.2, 0) is 4.79 Å². The number of hydrogen-bond donors (Lipinski definition) is 3. The van der Waals surface area contributed by atoms with Crippen molar-refractivity contribution in [2.24, 2.45) is 10.9 Å². The maximum atomic E-state index is 13.1. The Labute approximate surface area is 120 Å². The van der Waals surface area contributed by atoms with Crippen LogP contribution < -0.4 is 11.1 Å². The van der Waals surface area contributed by atoms with E-state index in [4.69, 9.17) is 10.9 Å². The van der Waals surface area contributed by atoms with Crippen LogP contribution in [0.5, 0.6) is 0 Å². The van der Waals surface area contributed by atoms with Gasteiger partial charge in [0.1, 0.15) is 11.7 Å². The third-order valence-corrected chi connectivity index (χ3v) is 2.90. The quantitative estimate of drug-likeness (QED) is 0.349. The van der Waals surface area contributed by atoms with Gasteiger partial charge < -0.3 is 16.3 Å². The summed E-state index contributed by atoms with van der Waals surface area (Å²) >= 11 is 0. The summed E-state index contributed by atoms with van der Waals surface area (Å²) in [5.41, 5.74) is 6.47. The highest BCUT2D eigenvalue weighted by Gasteiger charge is 2.25. The second-order valence-electron chi connectivity index (χ2n) is 4.37. The molecule has 0 aliphatic heterocycles. The highest BCUT2D eigenvalue weighted by atomic mass is 19.1. The summed E-state index contributed by atoms with van der Waals surface area (Å²) in [7, 11) is 0. The topological polar surface area (TPSA) is 87.7 Å². The van der Waals surface area contributed by atoms with Crippen molar-refractivity contribution in [3.63, 3.8) is 0 Å². The van der Waals surface area contributed by atoms with Gasteiger partial charge in [-0.25, -0.2) is 4.39 Å². The molecule has 0 fully saturated rings. The van der Waals surface area contributed by atoms with E-state index < -0.39 is 17.6 Å². The van der Waals surface area contributed by atoms with Crippen molar-refractivity contribution < 1.29 is 14.4 Å². The van der Waals surface area contributed by atoms with Gasteiger partial charge in [0.2, 0.25) is 5.91 Å². The Balaban J connectivity index is 2.27. The van der Waals surface area contributed by atoms with Gasteiger partial charge in [-0.15, -0.1) is 0 Å². The molecule has 1 amide bonds. The highest BCUT2D eigenvalue weighted by molar-refractivity contribution is 6.12. The number of halogens is 1. The van der Waals surface area contributed by atoms with Crippen LogP contribution in [0, 0.1) is 5.82 Å². The fourth-order valence-electron chi connectivity index (χ4n) is 1.94. The van der Waals surface area contributed by atoms with Crippen LogP contribution in [-0.4, -0.2) is 17.0 Å². The lowest BCUT2D eigenvalue weighted by Crippen LogP contribution is -2.32. The largest absolute Gasteiger partial charge is 0.409 e. The first-order valence-corrected chi connectivity index (χ1v) is 6.20. The van der Waals surface area contributed by atoms with Gasteiger partial charge in [-0.3, -0.25) is 4.79 Å². The van der Waals surface area contributed by atoms with E-state index in [0.29, 0.717) is 11.3 Å². The number of hydrogen-bond acceptors (Lipinski definition) is 3. The van der Waals surface area contributed by atoms with Crippen molar-refractivity contribution in [1.82, 2.24) is 0 Å². The number of rotatable bonds is 4. The molecule has 1 unspecified atom stereocenters. The molecule has 0 heterocycles. The van der Waals surface area contributed by atoms with Crippen molar-refractivity contribution >= 4 is 17.4 Å². The van der Waals surface area contributed by atoms with E-state index >= 15 is 0 Å². The van der Waals surface area contributed by atoms with Gasteiger partial charge in [0.15, 0.2) is 5.84 Å². The Hall–Kier alpha value is -2.89. The summed E-state index contributed by atoms with van der Waals surface area (Å²) in [6.45, 7) is 0. The summed E-state index contributed by atoms with van der Waals surface area (Å²) in [5.74, 6) is -2.18. The number of nitrogens with zero attached hydrogens (tertiary/aromatic N) is 1. The van der Waals surface area contributed by atoms with E-state index in [1.54, 1.807) is 36.4 Å². The van der Waals surface area contributed by atoms with E-state index in [1.807, 2.05) is 0 Å². The van der Waals surface area contributed by atoms with E-state index in [-0.39, 0.29) is 5.84 Å². The highest BCUT2D eigenvalue weighted by Crippen LogP contribution is 2.19. The van der Waals surface area contributed by atoms with Crippen LogP contribution in [0.1, 0.15) is 11.5 Å². The normalized spacial score (nSPS) is 12.7. The standard InChI is InChI=1S/C15H14FN3O2/c16-11-7-4-8-12(9-11)18-15(20)13(14(17)19-21)10-5-2-1-3-6-10/h1-9,13,21H,(H2,17,19)(H,18,20). The molecule has 0 saturated heterocycles. The second kappa shape index (κ2) is 6.51. The zero-order chi connectivity index (χ0) is 15.2. The smallest absolute Gasteiger partial charge is 0.239 e. The molecule has 0 radical (unpaired) electrons. The molecular formula is C15H14FN3O2. The first kappa shape index (κ1) is 14.5. The number of carbonyl (C=O) groups excluding carboxylic acids is 1. The van der Waals surface area contributed by atoms with Crippen molar-refractivity contribution in [2.45, 2.75) is 5.92 Å². The molecule has 0 aliphatic carbocycles. The van der Waals surface area contributed by atoms with E-state index in [2.05, 4.69) is 10.5 Å². The lowest BCUT2D eigenvalue weighted by Gasteiger charge is -2.16. The Morgan fingerprint density at radius 3 is 2.52 bits per heavy atom. The summed E-state index contributed by atoms with van der Waals surface area (Å²) in [4.78, 5) is 12.3. The second-order valence-corrected chi connectivity index (χ2v) is 4.37. The first-order chi connectivity index (χ1) is 10.1. The molecule has 0 spiro atoms. The van der Waals surface area contributed by atoms with Gasteiger partial charge in [-0.1, -0.05) is 41.6 Å². The van der Waals surface area contributed by atoms with Crippen LogP contribution >= 0.6 is 0 Å². The lowest BCUT2D eigenvalue weighted by molar-refractivity contribution is -0.116. The number of amidine groups is 1. The van der Waals surface area contributed by atoms with Gasteiger partial charge in [-0.05, 0) is 23.8 Å². The molecule has 108 valence electrons. The SMILES string of the molecule is NC(=NO)C(C(=O)Nc1cccc(F)c1)c1ccccc1. The molecule has 4 N–H and O–H groups in total. The van der Waals surface area contributed by atoms with E-state index in [9.17, 15) is 9.18 Å². The molecule has 1 atom stereocenters. The monoisotopic (exact) mass is 287 g/mol. The molecule has 21 heavy (non-hydrogen) atoms. The van der Waals surface area contributed by atoms with E-state index in [1.165, 1.54) is 18.2 Å². The van der Waals surface area contributed by atoms with Crippen LogP contribution in [0.15, 0.2) is 59.8 Å². The average Bonchev–Trinajstić information content (AvgIpc) is 2.48. The molecule has 5 nitrogen and oxygen atoms in total. The minimum absolute atomic E-state index is 0.241. The van der Waals surface area contributed by atoms with Crippen molar-refractivity contribution in [2.75, 3.05) is 5.32 Å². The van der Waals surface area contributed by atoms with Gasteiger partial charge in [0.25, 0.3) is 0 Å². The van der Waals surface area contributed by atoms with Crippen LogP contribution in [0.2, 0.25) is 0 Å². The predicted octanol–water partition coefficient (Wildman–Crippen LogP) is 2.29. The lowest BCUT2D eigenvalue weighted by atomic mass is 9.97. The van der Waals surface area contributed by atoms with Gasteiger partial charge in [0.05, 0.1) is 0 Å². The van der Waals surface area contributed by atoms with E-state index in [0.717, 1.165) is 0 Å². The Bertz CT molecular complexity index is 659. The number of amides is 1. The number of benzene rings is 2. The summed E-state index contributed by atoms with van der Waals surface area (Å²) in [6, 6.07) is 14.1. The third kappa shape index (κ3) is 3.56. The molecule has 0 aromatic heterocycles. The number of nitrogens with two attached hydrogens (primary N) is 1. The molecule has 2 rings (SSSR count). The third-order valence-electron chi connectivity index (χ3n) is 2.90. The summed E-state index contributed by atoms with van der Waals surface area (Å²) < 4.78 is 13.1. The van der Waals surface area contributed by atoms with Crippen LogP contribution in [0.25, 0.3) is 0 Å². The number of nitrogens with one attached hydrogen (secondary N) is 1. The molecular weight excluding hydrogens is 273 g/mol. The fourth-order valence-corrected chi connectivity index (χ4v) is 1.94. The fraction of sp³-hybridized carbons (Fsp3) is 0.0667. The van der Waals surface area contributed by atoms with Gasteiger partial charge in [-0.2, -0.15) is 0 Å². The van der Waals surface area contributed by atoms with Crippen molar-refractivity contribution in [3.8, 4) is 0 Å². The maximum absolute atomic E-state index is 13.1. The minimum atomic E-state index is -0.959. The number of oxime groups is 1. The average molecular weight is 287 g/mol. The Morgan fingerprint density at radius 1 is 1.19 bits per heavy atom. The zero-order valence-electron chi connectivity index (χ0n) is 11.0. The van der Waals surface area contributed by atoms with Crippen molar-refractivity contribution in [1.29, 1.82) is 0 Å². The maximum Gasteiger partial charge on any atom is 0.239 e. The molecule has 0 bridgehead atoms. The van der Waals surface area contributed by atoms with Crippen molar-refractivity contribution in [3.05, 3.63) is 66.0 Å². The first-order valence-electron chi connectivity index (χ1n) is 6.20. The molecule has 0 aliphatic rings. The molecule has 0 saturated carbocycles. The van der Waals surface area contributed by atoms with Gasteiger partial charge in [0, 0.05) is 5.69 Å². The predicted molar refractivity (Wildman–Crippen MR) is 77.6 cm³/mol. The van der Waals surface area contributed by atoms with Crippen LogP contribution in [0.4, 0.5) is 10.1 Å². The molecule has 6 heteroatoms.